The molecule has 1 unspecified atom stereocenters. The second-order valence-corrected chi connectivity index (χ2v) is 4.38. The van der Waals surface area contributed by atoms with Crippen LogP contribution < -0.4 is 9.64 Å². The highest BCUT2D eigenvalue weighted by Gasteiger charge is 2.28. The first-order valence-corrected chi connectivity index (χ1v) is 6.30. The highest BCUT2D eigenvalue weighted by molar-refractivity contribution is 5.74. The normalized spacial score (nSPS) is 18.8. The molecule has 1 heterocycles. The molecule has 98 valence electrons. The van der Waals surface area contributed by atoms with E-state index in [0.29, 0.717) is 6.61 Å². The Balaban J connectivity index is 1.98. The van der Waals surface area contributed by atoms with E-state index in [9.17, 15) is 4.79 Å². The van der Waals surface area contributed by atoms with E-state index in [1.807, 2.05) is 31.2 Å². The number of hydrogen-bond acceptors (Lipinski definition) is 4. The van der Waals surface area contributed by atoms with Crippen molar-refractivity contribution < 1.29 is 14.3 Å². The van der Waals surface area contributed by atoms with Crippen LogP contribution in [-0.4, -0.2) is 32.8 Å². The number of carbonyl (C=O) groups excluding carboxylic acids is 1. The van der Waals surface area contributed by atoms with Gasteiger partial charge < -0.3 is 14.4 Å². The second-order valence-electron chi connectivity index (χ2n) is 4.38. The lowest BCUT2D eigenvalue weighted by Crippen LogP contribution is -2.23. The number of carbonyl (C=O) groups is 1. The van der Waals surface area contributed by atoms with E-state index >= 15 is 0 Å². The van der Waals surface area contributed by atoms with E-state index in [4.69, 9.17) is 9.47 Å². The maximum atomic E-state index is 11.5. The lowest BCUT2D eigenvalue weighted by molar-refractivity contribution is -0.144. The van der Waals surface area contributed by atoms with Crippen LogP contribution in [0.25, 0.3) is 0 Å². The first-order valence-electron chi connectivity index (χ1n) is 6.30. The van der Waals surface area contributed by atoms with Gasteiger partial charge in [0.25, 0.3) is 0 Å². The van der Waals surface area contributed by atoms with Crippen LogP contribution in [0.1, 0.15) is 13.3 Å². The standard InChI is InChI=1S/C14H19NO3/c1-3-18-13-6-4-12(5-7-13)15-9-8-11(10-15)14(16)17-2/h4-7,11H,3,8-10H2,1-2H3. The van der Waals surface area contributed by atoms with E-state index in [0.717, 1.165) is 30.9 Å². The Hall–Kier alpha value is -1.71. The molecule has 1 aromatic rings. The van der Waals surface area contributed by atoms with Gasteiger partial charge in [-0.2, -0.15) is 0 Å². The van der Waals surface area contributed by atoms with Crippen molar-refractivity contribution in [3.63, 3.8) is 0 Å². The minimum Gasteiger partial charge on any atom is -0.494 e. The van der Waals surface area contributed by atoms with Gasteiger partial charge in [0.15, 0.2) is 0 Å². The Morgan fingerprint density at radius 3 is 2.72 bits per heavy atom. The van der Waals surface area contributed by atoms with Gasteiger partial charge in [-0.15, -0.1) is 0 Å². The van der Waals surface area contributed by atoms with Crippen molar-refractivity contribution in [2.45, 2.75) is 13.3 Å². The third kappa shape index (κ3) is 2.75. The first-order chi connectivity index (χ1) is 8.74. The molecular weight excluding hydrogens is 230 g/mol. The van der Waals surface area contributed by atoms with Crippen molar-refractivity contribution in [3.8, 4) is 5.75 Å². The SMILES string of the molecule is CCOc1ccc(N2CCC(C(=O)OC)C2)cc1. The highest BCUT2D eigenvalue weighted by Crippen LogP contribution is 2.26. The van der Waals surface area contributed by atoms with Gasteiger partial charge in [-0.1, -0.05) is 0 Å². The monoisotopic (exact) mass is 249 g/mol. The number of methoxy groups -OCH3 is 1. The lowest BCUT2D eigenvalue weighted by atomic mass is 10.1. The molecule has 0 N–H and O–H groups in total. The van der Waals surface area contributed by atoms with Crippen LogP contribution in [0.5, 0.6) is 5.75 Å². The zero-order chi connectivity index (χ0) is 13.0. The van der Waals surface area contributed by atoms with Gasteiger partial charge in [0.05, 0.1) is 19.6 Å². The number of rotatable bonds is 4. The van der Waals surface area contributed by atoms with Gasteiger partial charge in [0.2, 0.25) is 0 Å². The molecule has 18 heavy (non-hydrogen) atoms. The number of esters is 1. The van der Waals surface area contributed by atoms with Gasteiger partial charge in [-0.25, -0.2) is 0 Å². The summed E-state index contributed by atoms with van der Waals surface area (Å²) in [5, 5.41) is 0. The van der Waals surface area contributed by atoms with Crippen molar-refractivity contribution in [2.75, 3.05) is 31.7 Å². The van der Waals surface area contributed by atoms with Crippen LogP contribution in [0.2, 0.25) is 0 Å². The fraction of sp³-hybridized carbons (Fsp3) is 0.500. The third-order valence-electron chi connectivity index (χ3n) is 3.24. The number of ether oxygens (including phenoxy) is 2. The average Bonchev–Trinajstić information content (AvgIpc) is 2.89. The van der Waals surface area contributed by atoms with Crippen molar-refractivity contribution in [1.82, 2.24) is 0 Å². The van der Waals surface area contributed by atoms with E-state index in [1.54, 1.807) is 0 Å². The molecule has 0 spiro atoms. The number of nitrogens with zero attached hydrogens (tertiary/aromatic N) is 1. The quantitative estimate of drug-likeness (QED) is 0.766. The average molecular weight is 249 g/mol. The molecule has 0 aliphatic carbocycles. The topological polar surface area (TPSA) is 38.8 Å². The molecule has 1 fully saturated rings. The van der Waals surface area contributed by atoms with Crippen LogP contribution in [0, 0.1) is 5.92 Å². The Labute approximate surface area is 107 Å². The molecule has 0 amide bonds. The molecule has 4 nitrogen and oxygen atoms in total. The summed E-state index contributed by atoms with van der Waals surface area (Å²) in [5.74, 6) is 0.773. The summed E-state index contributed by atoms with van der Waals surface area (Å²) in [6, 6.07) is 7.99. The van der Waals surface area contributed by atoms with Crippen LogP contribution in [0.4, 0.5) is 5.69 Å². The molecule has 0 saturated carbocycles. The summed E-state index contributed by atoms with van der Waals surface area (Å²) in [6.07, 6.45) is 0.861. The van der Waals surface area contributed by atoms with E-state index < -0.39 is 0 Å². The molecule has 1 aliphatic rings. The fourth-order valence-electron chi connectivity index (χ4n) is 2.27. The van der Waals surface area contributed by atoms with E-state index in [2.05, 4.69) is 4.90 Å². The van der Waals surface area contributed by atoms with Gasteiger partial charge in [-0.05, 0) is 37.6 Å². The van der Waals surface area contributed by atoms with Crippen LogP contribution >= 0.6 is 0 Å². The lowest BCUT2D eigenvalue weighted by Gasteiger charge is -2.18. The minimum atomic E-state index is -0.108. The number of benzene rings is 1. The summed E-state index contributed by atoms with van der Waals surface area (Å²) in [5.41, 5.74) is 1.13. The Bertz CT molecular complexity index is 402. The second kappa shape index (κ2) is 5.76. The molecule has 2 rings (SSSR count). The zero-order valence-corrected chi connectivity index (χ0v) is 10.9. The largest absolute Gasteiger partial charge is 0.494 e. The summed E-state index contributed by atoms with van der Waals surface area (Å²) in [6.45, 7) is 4.28. The summed E-state index contributed by atoms with van der Waals surface area (Å²) < 4.78 is 10.2. The van der Waals surface area contributed by atoms with Crippen molar-refractivity contribution in [1.29, 1.82) is 0 Å². The molecule has 1 aliphatic heterocycles. The van der Waals surface area contributed by atoms with Gasteiger partial charge in [-0.3, -0.25) is 4.79 Å². The van der Waals surface area contributed by atoms with Crippen molar-refractivity contribution >= 4 is 11.7 Å². The predicted molar refractivity (Wildman–Crippen MR) is 69.9 cm³/mol. The molecular formula is C14H19NO3. The van der Waals surface area contributed by atoms with Crippen molar-refractivity contribution in [2.24, 2.45) is 5.92 Å². The molecule has 1 atom stereocenters. The van der Waals surface area contributed by atoms with Gasteiger partial charge in [0.1, 0.15) is 5.75 Å². The number of hydrogen-bond donors (Lipinski definition) is 0. The van der Waals surface area contributed by atoms with Crippen LogP contribution in [0.3, 0.4) is 0 Å². The maximum absolute atomic E-state index is 11.5. The Morgan fingerprint density at radius 2 is 2.11 bits per heavy atom. The third-order valence-corrected chi connectivity index (χ3v) is 3.24. The van der Waals surface area contributed by atoms with Crippen LogP contribution in [-0.2, 0) is 9.53 Å². The summed E-state index contributed by atoms with van der Waals surface area (Å²) in [7, 11) is 1.45. The van der Waals surface area contributed by atoms with Gasteiger partial charge >= 0.3 is 5.97 Å². The predicted octanol–water partition coefficient (Wildman–Crippen LogP) is 2.08. The summed E-state index contributed by atoms with van der Waals surface area (Å²) in [4.78, 5) is 13.7. The molecule has 4 heteroatoms. The fourth-order valence-corrected chi connectivity index (χ4v) is 2.27. The molecule has 0 radical (unpaired) electrons. The maximum Gasteiger partial charge on any atom is 0.310 e. The molecule has 0 aromatic heterocycles. The van der Waals surface area contributed by atoms with Crippen LogP contribution in [0.15, 0.2) is 24.3 Å². The minimum absolute atomic E-state index is 0.00145. The zero-order valence-electron chi connectivity index (χ0n) is 10.9. The first kappa shape index (κ1) is 12.7. The Morgan fingerprint density at radius 1 is 1.39 bits per heavy atom. The molecule has 1 saturated heterocycles. The molecule has 0 bridgehead atoms. The molecule has 1 aromatic carbocycles. The highest BCUT2D eigenvalue weighted by atomic mass is 16.5. The summed E-state index contributed by atoms with van der Waals surface area (Å²) >= 11 is 0. The van der Waals surface area contributed by atoms with Gasteiger partial charge in [0, 0.05) is 18.8 Å². The van der Waals surface area contributed by atoms with E-state index in [-0.39, 0.29) is 11.9 Å². The number of anilines is 1. The van der Waals surface area contributed by atoms with Crippen molar-refractivity contribution in [3.05, 3.63) is 24.3 Å². The van der Waals surface area contributed by atoms with E-state index in [1.165, 1.54) is 7.11 Å². The smallest absolute Gasteiger partial charge is 0.310 e. The Kier molecular flexibility index (Phi) is 4.07.